The van der Waals surface area contributed by atoms with Gasteiger partial charge in [-0.15, -0.1) is 12.4 Å². The van der Waals surface area contributed by atoms with E-state index in [4.69, 9.17) is 17.3 Å². The lowest BCUT2D eigenvalue weighted by atomic mass is 10.00. The van der Waals surface area contributed by atoms with Crippen molar-refractivity contribution in [2.45, 2.75) is 6.04 Å². The number of hydrogen-bond donors (Lipinski definition) is 1. The lowest BCUT2D eigenvalue weighted by molar-refractivity contribution is 0.872. The predicted octanol–water partition coefficient (Wildman–Crippen LogP) is 3.81. The van der Waals surface area contributed by atoms with E-state index in [1.807, 2.05) is 54.6 Å². The fourth-order valence-corrected chi connectivity index (χ4v) is 1.82. The summed E-state index contributed by atoms with van der Waals surface area (Å²) in [6.45, 7) is 0. The third-order valence-corrected chi connectivity index (χ3v) is 2.74. The van der Waals surface area contributed by atoms with Crippen molar-refractivity contribution in [3.63, 3.8) is 0 Å². The fourth-order valence-electron chi connectivity index (χ4n) is 1.57. The number of benzene rings is 2. The summed E-state index contributed by atoms with van der Waals surface area (Å²) in [5, 5.41) is 0.717. The Labute approximate surface area is 107 Å². The molecule has 2 aromatic rings. The van der Waals surface area contributed by atoms with E-state index in [0.29, 0.717) is 5.02 Å². The average Bonchev–Trinajstić information content (AvgIpc) is 2.30. The Balaban J connectivity index is 0.00000128. The Morgan fingerprint density at radius 1 is 0.875 bits per heavy atom. The van der Waals surface area contributed by atoms with Gasteiger partial charge in [0.1, 0.15) is 0 Å². The van der Waals surface area contributed by atoms with Crippen molar-refractivity contribution in [2.24, 2.45) is 5.73 Å². The van der Waals surface area contributed by atoms with Gasteiger partial charge in [0, 0.05) is 5.02 Å². The molecule has 0 heterocycles. The maximum atomic E-state index is 6.13. The zero-order chi connectivity index (χ0) is 10.7. The molecular formula is C13H13Cl2N. The molecule has 0 saturated heterocycles. The van der Waals surface area contributed by atoms with Gasteiger partial charge in [0.15, 0.2) is 0 Å². The van der Waals surface area contributed by atoms with Crippen molar-refractivity contribution in [1.82, 2.24) is 0 Å². The van der Waals surface area contributed by atoms with E-state index < -0.39 is 0 Å². The molecule has 2 aromatic carbocycles. The van der Waals surface area contributed by atoms with Crippen LogP contribution in [0.3, 0.4) is 0 Å². The molecule has 1 unspecified atom stereocenters. The van der Waals surface area contributed by atoms with Gasteiger partial charge in [-0.25, -0.2) is 0 Å². The zero-order valence-electron chi connectivity index (χ0n) is 8.64. The first kappa shape index (κ1) is 13.0. The molecule has 0 aliphatic rings. The smallest absolute Gasteiger partial charge is 0.0566 e. The van der Waals surface area contributed by atoms with E-state index in [1.165, 1.54) is 0 Å². The summed E-state index contributed by atoms with van der Waals surface area (Å²) in [7, 11) is 0. The van der Waals surface area contributed by atoms with Crippen LogP contribution in [0.1, 0.15) is 17.2 Å². The molecule has 0 aromatic heterocycles. The fraction of sp³-hybridized carbons (Fsp3) is 0.0769. The first-order valence-electron chi connectivity index (χ1n) is 4.84. The van der Waals surface area contributed by atoms with Crippen LogP contribution in [-0.4, -0.2) is 0 Å². The van der Waals surface area contributed by atoms with Crippen LogP contribution in [0.25, 0.3) is 0 Å². The van der Waals surface area contributed by atoms with Crippen molar-refractivity contribution in [3.05, 3.63) is 70.7 Å². The summed E-state index contributed by atoms with van der Waals surface area (Å²) in [5.74, 6) is 0. The summed E-state index contributed by atoms with van der Waals surface area (Å²) < 4.78 is 0. The SMILES string of the molecule is Cl.NC(c1ccccc1)c1ccccc1Cl. The molecule has 3 heteroatoms. The Hall–Kier alpha value is -1.02. The van der Waals surface area contributed by atoms with Crippen molar-refractivity contribution in [3.8, 4) is 0 Å². The first-order chi connectivity index (χ1) is 7.29. The molecule has 16 heavy (non-hydrogen) atoms. The van der Waals surface area contributed by atoms with E-state index in [2.05, 4.69) is 0 Å². The van der Waals surface area contributed by atoms with Crippen LogP contribution >= 0.6 is 24.0 Å². The Morgan fingerprint density at radius 2 is 1.44 bits per heavy atom. The Kier molecular flexibility index (Phi) is 4.81. The van der Waals surface area contributed by atoms with Crippen LogP contribution in [0.4, 0.5) is 0 Å². The minimum Gasteiger partial charge on any atom is -0.320 e. The predicted molar refractivity (Wildman–Crippen MR) is 71.2 cm³/mol. The summed E-state index contributed by atoms with van der Waals surface area (Å²) in [5.41, 5.74) is 8.17. The second kappa shape index (κ2) is 5.90. The van der Waals surface area contributed by atoms with Gasteiger partial charge >= 0.3 is 0 Å². The van der Waals surface area contributed by atoms with Crippen molar-refractivity contribution in [1.29, 1.82) is 0 Å². The van der Waals surface area contributed by atoms with Crippen LogP contribution in [0, 0.1) is 0 Å². The van der Waals surface area contributed by atoms with E-state index in [0.717, 1.165) is 11.1 Å². The van der Waals surface area contributed by atoms with Crippen LogP contribution in [0.2, 0.25) is 5.02 Å². The van der Waals surface area contributed by atoms with Gasteiger partial charge < -0.3 is 5.73 Å². The van der Waals surface area contributed by atoms with E-state index in [9.17, 15) is 0 Å². The minimum absolute atomic E-state index is 0. The zero-order valence-corrected chi connectivity index (χ0v) is 10.2. The highest BCUT2D eigenvalue weighted by Gasteiger charge is 2.10. The molecule has 1 nitrogen and oxygen atoms in total. The summed E-state index contributed by atoms with van der Waals surface area (Å²) >= 11 is 6.09. The standard InChI is InChI=1S/C13H12ClN.ClH/c14-12-9-5-4-8-11(12)13(15)10-6-2-1-3-7-10;/h1-9,13H,15H2;1H. The number of rotatable bonds is 2. The molecule has 0 amide bonds. The molecular weight excluding hydrogens is 241 g/mol. The topological polar surface area (TPSA) is 26.0 Å². The summed E-state index contributed by atoms with van der Waals surface area (Å²) in [4.78, 5) is 0. The molecule has 0 aliphatic heterocycles. The molecule has 1 atom stereocenters. The van der Waals surface area contributed by atoms with Gasteiger partial charge in [0.05, 0.1) is 6.04 Å². The van der Waals surface area contributed by atoms with E-state index in [-0.39, 0.29) is 18.4 Å². The van der Waals surface area contributed by atoms with E-state index in [1.54, 1.807) is 0 Å². The van der Waals surface area contributed by atoms with Crippen molar-refractivity contribution >= 4 is 24.0 Å². The van der Waals surface area contributed by atoms with Gasteiger partial charge in [0.25, 0.3) is 0 Å². The van der Waals surface area contributed by atoms with Crippen molar-refractivity contribution < 1.29 is 0 Å². The highest BCUT2D eigenvalue weighted by atomic mass is 35.5. The molecule has 0 spiro atoms. The largest absolute Gasteiger partial charge is 0.320 e. The van der Waals surface area contributed by atoms with Gasteiger partial charge in [-0.1, -0.05) is 60.1 Å². The minimum atomic E-state index is -0.153. The quantitative estimate of drug-likeness (QED) is 0.866. The van der Waals surface area contributed by atoms with Gasteiger partial charge in [-0.2, -0.15) is 0 Å². The summed E-state index contributed by atoms with van der Waals surface area (Å²) in [6.07, 6.45) is 0. The molecule has 0 saturated carbocycles. The lowest BCUT2D eigenvalue weighted by Crippen LogP contribution is -2.11. The first-order valence-corrected chi connectivity index (χ1v) is 5.22. The molecule has 0 bridgehead atoms. The molecule has 2 N–H and O–H groups in total. The number of hydrogen-bond acceptors (Lipinski definition) is 1. The van der Waals surface area contributed by atoms with Crippen LogP contribution in [0.15, 0.2) is 54.6 Å². The second-order valence-corrected chi connectivity index (χ2v) is 3.82. The normalized spacial score (nSPS) is 11.6. The van der Waals surface area contributed by atoms with Crippen LogP contribution in [0.5, 0.6) is 0 Å². The molecule has 0 fully saturated rings. The van der Waals surface area contributed by atoms with Gasteiger partial charge in [-0.05, 0) is 17.2 Å². The third-order valence-electron chi connectivity index (χ3n) is 2.40. The lowest BCUT2D eigenvalue weighted by Gasteiger charge is -2.13. The maximum Gasteiger partial charge on any atom is 0.0566 e. The highest BCUT2D eigenvalue weighted by molar-refractivity contribution is 6.31. The molecule has 2 rings (SSSR count). The second-order valence-electron chi connectivity index (χ2n) is 3.41. The average molecular weight is 254 g/mol. The van der Waals surface area contributed by atoms with Crippen molar-refractivity contribution in [2.75, 3.05) is 0 Å². The Bertz CT molecular complexity index is 443. The monoisotopic (exact) mass is 253 g/mol. The van der Waals surface area contributed by atoms with E-state index >= 15 is 0 Å². The third kappa shape index (κ3) is 2.76. The molecule has 0 radical (unpaired) electrons. The van der Waals surface area contributed by atoms with Crippen LogP contribution < -0.4 is 5.73 Å². The summed E-state index contributed by atoms with van der Waals surface area (Å²) in [6, 6.07) is 17.5. The maximum absolute atomic E-state index is 6.13. The highest BCUT2D eigenvalue weighted by Crippen LogP contribution is 2.25. The van der Waals surface area contributed by atoms with Crippen LogP contribution in [-0.2, 0) is 0 Å². The Morgan fingerprint density at radius 3 is 2.06 bits per heavy atom. The van der Waals surface area contributed by atoms with Gasteiger partial charge in [0.2, 0.25) is 0 Å². The van der Waals surface area contributed by atoms with Gasteiger partial charge in [-0.3, -0.25) is 0 Å². The number of halogens is 2. The molecule has 84 valence electrons. The number of nitrogens with two attached hydrogens (primary N) is 1. The molecule has 0 aliphatic carbocycles.